The molecule has 23 N–H and O–H groups in total. The summed E-state index contributed by atoms with van der Waals surface area (Å²) in [6, 6.07) is -4.52. The van der Waals surface area contributed by atoms with Gasteiger partial charge in [0.1, 0.15) is 110 Å². The van der Waals surface area contributed by atoms with Gasteiger partial charge in [-0.3, -0.25) is 0 Å². The summed E-state index contributed by atoms with van der Waals surface area (Å²) in [4.78, 5) is 13.4. The number of aliphatic carboxylic acids is 1. The maximum Gasteiger partial charge on any atom is 0.364 e. The van der Waals surface area contributed by atoms with Gasteiger partial charge in [-0.05, 0) is 12.8 Å². The third kappa shape index (κ3) is 17.9. The number of carboxylic acids is 1. The highest BCUT2D eigenvalue weighted by molar-refractivity contribution is 5.76. The molecule has 28 atom stereocenters. The van der Waals surface area contributed by atoms with Gasteiger partial charge in [-0.25, -0.2) is 4.79 Å². The number of allylic oxidation sites excluding steroid dienone is 1. The Bertz CT molecular complexity index is 1860. The quantitative estimate of drug-likeness (QED) is 0.0214. The highest BCUT2D eigenvalue weighted by Crippen LogP contribution is 2.40. The Balaban J connectivity index is 1.34. The summed E-state index contributed by atoms with van der Waals surface area (Å²) in [6.07, 6.45) is -30.5. The number of rotatable bonds is 33. The average Bonchev–Trinajstić information content (AvgIpc) is 3.49. The standard InChI is InChI=1S/C51H93N3O28/c1-2-3-4-5-6-7-8-9-10-11-12-13-14-15-24(60)23(52)22-73-47-39(69)37(67)41(29(20-58)76-47)78-49-40(70)45(82-51(50(71)72)16-25(61)31(53)44(81-51)33(63)26(62)17-55)42(30(21-59)77-49)79-46-32(54)43(35(65)28(19-57)74-46)80-48-38(68)36(66)34(64)27(18-56)75-48/h14-15,23-49,55-70H,2-13,16-22,52-54H2,1H3,(H,71,72)/b15-14+/t23-,24+,25-,26+,27+,28+,29+,30+,31+,32+,33+,34-,35-,36-,37+,38+,39+,40+,41+,42-,43+,44+,45+,46-,47+,48-,49-,51-/m0/s1. The Morgan fingerprint density at radius 3 is 1.67 bits per heavy atom. The van der Waals surface area contributed by atoms with E-state index in [1.54, 1.807) is 6.08 Å². The van der Waals surface area contributed by atoms with Crippen molar-refractivity contribution in [1.82, 2.24) is 0 Å². The lowest BCUT2D eigenvalue weighted by Crippen LogP contribution is -2.71. The van der Waals surface area contributed by atoms with Crippen LogP contribution in [0.3, 0.4) is 0 Å². The molecule has 5 rings (SSSR count). The van der Waals surface area contributed by atoms with Gasteiger partial charge in [0.25, 0.3) is 5.79 Å². The lowest BCUT2D eigenvalue weighted by Gasteiger charge is -2.52. The topological polar surface area (TPSA) is 531 Å². The van der Waals surface area contributed by atoms with Crippen molar-refractivity contribution >= 4 is 5.97 Å². The molecule has 0 unspecified atom stereocenters. The van der Waals surface area contributed by atoms with Crippen LogP contribution in [0.25, 0.3) is 0 Å². The normalized spacial score (nSPS) is 41.8. The van der Waals surface area contributed by atoms with E-state index >= 15 is 0 Å². The molecule has 5 heterocycles. The van der Waals surface area contributed by atoms with Crippen molar-refractivity contribution in [2.45, 2.75) is 262 Å². The van der Waals surface area contributed by atoms with Gasteiger partial charge < -0.3 is 151 Å². The number of ether oxygens (including phenoxy) is 10. The lowest BCUT2D eigenvalue weighted by atomic mass is 9.88. The van der Waals surface area contributed by atoms with Crippen molar-refractivity contribution in [1.29, 1.82) is 0 Å². The van der Waals surface area contributed by atoms with E-state index in [-0.39, 0.29) is 0 Å². The molecule has 0 aromatic carbocycles. The van der Waals surface area contributed by atoms with Gasteiger partial charge in [0.2, 0.25) is 0 Å². The Morgan fingerprint density at radius 1 is 0.585 bits per heavy atom. The second-order valence-electron chi connectivity index (χ2n) is 21.8. The number of carbonyl (C=O) groups is 1. The average molecular weight is 1200 g/mol. The number of nitrogens with two attached hydrogens (primary N) is 3. The van der Waals surface area contributed by atoms with Crippen LogP contribution in [0.15, 0.2) is 12.2 Å². The molecule has 0 bridgehead atoms. The molecule has 0 saturated carbocycles. The largest absolute Gasteiger partial charge is 0.477 e. The summed E-state index contributed by atoms with van der Waals surface area (Å²) in [5.74, 6) is -5.29. The summed E-state index contributed by atoms with van der Waals surface area (Å²) >= 11 is 0. The predicted octanol–water partition coefficient (Wildman–Crippen LogP) is -7.82. The van der Waals surface area contributed by atoms with Gasteiger partial charge in [0.05, 0.1) is 70.0 Å². The molecule has 5 aliphatic heterocycles. The summed E-state index contributed by atoms with van der Waals surface area (Å²) < 4.78 is 58.2. The Kier molecular flexibility index (Phi) is 29.3. The minimum atomic E-state index is -3.22. The molecule has 0 aliphatic carbocycles. The van der Waals surface area contributed by atoms with E-state index in [9.17, 15) is 91.6 Å². The van der Waals surface area contributed by atoms with Gasteiger partial charge in [-0.15, -0.1) is 0 Å². The highest BCUT2D eigenvalue weighted by Gasteiger charge is 2.61. The van der Waals surface area contributed by atoms with Crippen LogP contribution in [-0.2, 0) is 52.2 Å². The fourth-order valence-electron chi connectivity index (χ4n) is 10.5. The minimum absolute atomic E-state index is 0.429. The fourth-order valence-corrected chi connectivity index (χ4v) is 10.5. The highest BCUT2D eigenvalue weighted by atomic mass is 16.8. The zero-order valence-electron chi connectivity index (χ0n) is 46.0. The van der Waals surface area contributed by atoms with Gasteiger partial charge in [-0.1, -0.05) is 83.3 Å². The van der Waals surface area contributed by atoms with Gasteiger partial charge in [-0.2, -0.15) is 0 Å². The fraction of sp³-hybridized carbons (Fsp3) is 0.941. The van der Waals surface area contributed by atoms with Crippen LogP contribution < -0.4 is 17.2 Å². The van der Waals surface area contributed by atoms with Crippen LogP contribution in [0.2, 0.25) is 0 Å². The first-order valence-electron chi connectivity index (χ1n) is 28.3. The maximum atomic E-state index is 13.4. The van der Waals surface area contributed by atoms with Crippen LogP contribution >= 0.6 is 0 Å². The van der Waals surface area contributed by atoms with E-state index in [0.29, 0.717) is 6.42 Å². The van der Waals surface area contributed by atoms with E-state index in [1.807, 2.05) is 0 Å². The molecule has 0 aromatic rings. The molecule has 0 spiro atoms. The molecule has 5 fully saturated rings. The molecule has 31 heteroatoms. The van der Waals surface area contributed by atoms with E-state index in [4.69, 9.17) is 64.6 Å². The van der Waals surface area contributed by atoms with E-state index in [2.05, 4.69) is 6.92 Å². The van der Waals surface area contributed by atoms with E-state index < -0.39 is 223 Å². The third-order valence-electron chi connectivity index (χ3n) is 15.6. The molecule has 0 aromatic heterocycles. The second kappa shape index (κ2) is 34.0. The zero-order valence-corrected chi connectivity index (χ0v) is 46.0. The smallest absolute Gasteiger partial charge is 0.364 e. The molecular weight excluding hydrogens is 1100 g/mol. The SMILES string of the molecule is CCCCCCCCCCCCC/C=C/[C@@H](O)[C@@H](N)CO[C@@H]1O[C@H](CO)[C@@H](O[C@@H]2O[C@H](CO)[C@H](O[C@@H]3O[C@H](CO)[C@H](O)[C@H](O[C@@H]4O[C@H](CO)[C@H](O)[C@H](O)[C@H]4O)[C@H]3N)[C@H](O[C@]3(C(=O)O)C[C@H](O)[C@@H](N)[C@H]([C@H](O)[C@H](O)CO)O3)[C@H]2O)[C@H](O)[C@H]1O. The molecule has 0 radical (unpaired) electrons. The Hall–Kier alpha value is -1.95. The number of aliphatic hydroxyl groups is 16. The monoisotopic (exact) mass is 1200 g/mol. The van der Waals surface area contributed by atoms with Crippen molar-refractivity contribution in [2.75, 3.05) is 39.6 Å². The minimum Gasteiger partial charge on any atom is -0.477 e. The van der Waals surface area contributed by atoms with Gasteiger partial charge >= 0.3 is 5.97 Å². The number of carboxylic acid groups (broad SMARTS) is 1. The first kappa shape index (κ1) is 70.8. The molecule has 0 amide bonds. The third-order valence-corrected chi connectivity index (χ3v) is 15.6. The number of hydrogen-bond donors (Lipinski definition) is 20. The molecule has 82 heavy (non-hydrogen) atoms. The van der Waals surface area contributed by atoms with Gasteiger partial charge in [0.15, 0.2) is 25.2 Å². The van der Waals surface area contributed by atoms with Crippen LogP contribution in [0.5, 0.6) is 0 Å². The first-order valence-corrected chi connectivity index (χ1v) is 28.3. The Morgan fingerprint density at radius 2 is 1.09 bits per heavy atom. The zero-order chi connectivity index (χ0) is 60.6. The van der Waals surface area contributed by atoms with Crippen molar-refractivity contribution in [3.05, 3.63) is 12.2 Å². The second-order valence-corrected chi connectivity index (χ2v) is 21.8. The molecule has 480 valence electrons. The lowest BCUT2D eigenvalue weighted by molar-refractivity contribution is -0.402. The number of hydrogen-bond acceptors (Lipinski definition) is 30. The Labute approximate surface area is 474 Å². The van der Waals surface area contributed by atoms with Crippen molar-refractivity contribution in [3.8, 4) is 0 Å². The molecule has 5 aliphatic rings. The van der Waals surface area contributed by atoms with Crippen LogP contribution in [-0.4, -0.2) is 304 Å². The van der Waals surface area contributed by atoms with Crippen LogP contribution in [0.4, 0.5) is 0 Å². The summed E-state index contributed by atoms with van der Waals surface area (Å²) in [6.45, 7) is -3.37. The molecule has 5 saturated heterocycles. The summed E-state index contributed by atoms with van der Waals surface area (Å²) in [5.41, 5.74) is 18.8. The first-order chi connectivity index (χ1) is 39.0. The number of aliphatic hydroxyl groups excluding tert-OH is 16. The summed E-state index contributed by atoms with van der Waals surface area (Å²) in [5, 5.41) is 183. The van der Waals surface area contributed by atoms with E-state index in [1.165, 1.54) is 57.4 Å². The predicted molar refractivity (Wildman–Crippen MR) is 276 cm³/mol. The van der Waals surface area contributed by atoms with Crippen LogP contribution in [0, 0.1) is 0 Å². The van der Waals surface area contributed by atoms with Crippen molar-refractivity contribution in [3.63, 3.8) is 0 Å². The van der Waals surface area contributed by atoms with Crippen LogP contribution in [0.1, 0.15) is 90.4 Å². The van der Waals surface area contributed by atoms with Crippen molar-refractivity contribution in [2.24, 2.45) is 17.2 Å². The van der Waals surface area contributed by atoms with Gasteiger partial charge in [0, 0.05) is 6.42 Å². The molecular formula is C51H93N3O28. The van der Waals surface area contributed by atoms with E-state index in [0.717, 1.165) is 19.3 Å². The maximum absolute atomic E-state index is 13.4. The summed E-state index contributed by atoms with van der Waals surface area (Å²) in [7, 11) is 0. The molecule has 31 nitrogen and oxygen atoms in total. The number of unbranched alkanes of at least 4 members (excludes halogenated alkanes) is 11. The van der Waals surface area contributed by atoms with Crippen molar-refractivity contribution < 1.29 is 139 Å².